The number of phenols is 1. The van der Waals surface area contributed by atoms with Crippen molar-refractivity contribution in [1.82, 2.24) is 19.6 Å². The van der Waals surface area contributed by atoms with Gasteiger partial charge < -0.3 is 19.5 Å². The van der Waals surface area contributed by atoms with E-state index in [1.807, 2.05) is 54.6 Å². The number of hydrogen-bond acceptors (Lipinski definition) is 8. The maximum absolute atomic E-state index is 12.0. The predicted molar refractivity (Wildman–Crippen MR) is 145 cm³/mol. The standard InChI is InChI=1S/C29H25N5O4/c1-37-29(36)22-10-7-20(18-26(22)35)27-24(11-9-21-8-6-19-4-2-3-5-23(19)31-21)32-28-25(12-13-30-34(27)28)33-14-16-38-17-15-33/h2-13,18,35H,14-17H2,1H3. The highest BCUT2D eigenvalue weighted by molar-refractivity contribution is 5.94. The number of benzene rings is 2. The molecule has 3 aromatic heterocycles. The van der Waals surface area contributed by atoms with Crippen molar-refractivity contribution in [3.05, 3.63) is 83.8 Å². The first kappa shape index (κ1) is 23.6. The van der Waals surface area contributed by atoms with Gasteiger partial charge in [-0.2, -0.15) is 5.10 Å². The van der Waals surface area contributed by atoms with Gasteiger partial charge in [-0.05, 0) is 42.5 Å². The van der Waals surface area contributed by atoms with Crippen molar-refractivity contribution in [3.8, 4) is 17.0 Å². The van der Waals surface area contributed by atoms with Crippen LogP contribution < -0.4 is 4.90 Å². The summed E-state index contributed by atoms with van der Waals surface area (Å²) in [6, 6.07) is 18.7. The van der Waals surface area contributed by atoms with Gasteiger partial charge in [-0.25, -0.2) is 19.3 Å². The third kappa shape index (κ3) is 4.33. The minimum absolute atomic E-state index is 0.0875. The molecule has 9 heteroatoms. The lowest BCUT2D eigenvalue weighted by atomic mass is 10.1. The number of nitrogens with zero attached hydrogens (tertiary/aromatic N) is 5. The van der Waals surface area contributed by atoms with Gasteiger partial charge in [0.1, 0.15) is 17.0 Å². The molecule has 1 saturated heterocycles. The van der Waals surface area contributed by atoms with E-state index in [0.29, 0.717) is 35.8 Å². The van der Waals surface area contributed by atoms with Gasteiger partial charge in [0.05, 0.1) is 49.1 Å². The number of rotatable bonds is 5. The second-order valence-electron chi connectivity index (χ2n) is 8.88. The van der Waals surface area contributed by atoms with Crippen LogP contribution in [-0.2, 0) is 9.47 Å². The number of fused-ring (bicyclic) bond motifs is 2. The maximum Gasteiger partial charge on any atom is 0.341 e. The molecule has 0 aliphatic carbocycles. The van der Waals surface area contributed by atoms with E-state index in [4.69, 9.17) is 19.4 Å². The van der Waals surface area contributed by atoms with Gasteiger partial charge in [-0.1, -0.05) is 30.3 Å². The highest BCUT2D eigenvalue weighted by Gasteiger charge is 2.22. The first-order valence-corrected chi connectivity index (χ1v) is 12.3. The average Bonchev–Trinajstić information content (AvgIpc) is 3.34. The highest BCUT2D eigenvalue weighted by atomic mass is 16.5. The minimum atomic E-state index is -0.609. The van der Waals surface area contributed by atoms with Gasteiger partial charge in [0, 0.05) is 24.0 Å². The Balaban J connectivity index is 1.50. The van der Waals surface area contributed by atoms with Crippen LogP contribution in [0.3, 0.4) is 0 Å². The Morgan fingerprint density at radius 3 is 2.68 bits per heavy atom. The molecule has 0 amide bonds. The highest BCUT2D eigenvalue weighted by Crippen LogP contribution is 2.33. The molecule has 0 unspecified atom stereocenters. The number of imidazole rings is 1. The number of morpholine rings is 1. The van der Waals surface area contributed by atoms with E-state index < -0.39 is 5.97 Å². The number of methoxy groups -OCH3 is 1. The third-order valence-electron chi connectivity index (χ3n) is 6.59. The fourth-order valence-corrected chi connectivity index (χ4v) is 4.69. The van der Waals surface area contributed by atoms with Crippen LogP contribution in [0.2, 0.25) is 0 Å². The van der Waals surface area contributed by atoms with Crippen LogP contribution in [0, 0.1) is 0 Å². The van der Waals surface area contributed by atoms with Crippen molar-refractivity contribution in [2.24, 2.45) is 0 Å². The number of aromatic nitrogens is 4. The SMILES string of the molecule is COC(=O)c1ccc(-c2c(C=Cc3ccc4ccccc4n3)nc3c(N4CCOCC4)ccnn23)cc1O. The maximum atomic E-state index is 12.0. The van der Waals surface area contributed by atoms with Crippen LogP contribution in [0.4, 0.5) is 5.69 Å². The number of hydrogen-bond donors (Lipinski definition) is 1. The van der Waals surface area contributed by atoms with E-state index in [-0.39, 0.29) is 11.3 Å². The van der Waals surface area contributed by atoms with Crippen LogP contribution in [-0.4, -0.2) is 64.1 Å². The monoisotopic (exact) mass is 507 g/mol. The fourth-order valence-electron chi connectivity index (χ4n) is 4.69. The van der Waals surface area contributed by atoms with Crippen LogP contribution >= 0.6 is 0 Å². The van der Waals surface area contributed by atoms with Crippen molar-refractivity contribution < 1.29 is 19.4 Å². The summed E-state index contributed by atoms with van der Waals surface area (Å²) in [4.78, 5) is 24.0. The molecule has 190 valence electrons. The van der Waals surface area contributed by atoms with Crippen molar-refractivity contribution in [2.45, 2.75) is 0 Å². The van der Waals surface area contributed by atoms with Gasteiger partial charge >= 0.3 is 5.97 Å². The summed E-state index contributed by atoms with van der Waals surface area (Å²) in [5.74, 6) is -0.790. The third-order valence-corrected chi connectivity index (χ3v) is 6.59. The molecule has 5 aromatic rings. The van der Waals surface area contributed by atoms with E-state index in [0.717, 1.165) is 35.4 Å². The van der Waals surface area contributed by atoms with E-state index in [1.54, 1.807) is 22.8 Å². The van der Waals surface area contributed by atoms with Crippen LogP contribution in [0.25, 0.3) is 40.0 Å². The largest absolute Gasteiger partial charge is 0.507 e. The number of pyridine rings is 1. The molecule has 0 radical (unpaired) electrons. The van der Waals surface area contributed by atoms with Gasteiger partial charge in [-0.15, -0.1) is 0 Å². The predicted octanol–water partition coefficient (Wildman–Crippen LogP) is 4.44. The first-order valence-electron chi connectivity index (χ1n) is 12.3. The zero-order chi connectivity index (χ0) is 26.1. The minimum Gasteiger partial charge on any atom is -0.507 e. The number of aromatic hydroxyl groups is 1. The molecule has 4 heterocycles. The second kappa shape index (κ2) is 9.95. The summed E-state index contributed by atoms with van der Waals surface area (Å²) in [5, 5.41) is 16.3. The Morgan fingerprint density at radius 1 is 1.03 bits per heavy atom. The number of carbonyl (C=O) groups excluding carboxylic acids is 1. The zero-order valence-corrected chi connectivity index (χ0v) is 20.7. The smallest absolute Gasteiger partial charge is 0.341 e. The van der Waals surface area contributed by atoms with E-state index in [1.165, 1.54) is 13.2 Å². The molecule has 0 saturated carbocycles. The second-order valence-corrected chi connectivity index (χ2v) is 8.88. The summed E-state index contributed by atoms with van der Waals surface area (Å²) in [5.41, 5.74) is 5.40. The Kier molecular flexibility index (Phi) is 6.19. The molecule has 0 spiro atoms. The van der Waals surface area contributed by atoms with Crippen molar-refractivity contribution in [2.75, 3.05) is 38.3 Å². The van der Waals surface area contributed by atoms with Crippen LogP contribution in [0.5, 0.6) is 5.75 Å². The summed E-state index contributed by atoms with van der Waals surface area (Å²) in [7, 11) is 1.28. The number of phenolic OH excluding ortho intramolecular Hbond substituents is 1. The summed E-state index contributed by atoms with van der Waals surface area (Å²) >= 11 is 0. The van der Waals surface area contributed by atoms with Crippen molar-refractivity contribution in [1.29, 1.82) is 0 Å². The normalized spacial score (nSPS) is 14.0. The molecule has 1 fully saturated rings. The van der Waals surface area contributed by atoms with Gasteiger partial charge in [0.25, 0.3) is 0 Å². The molecule has 38 heavy (non-hydrogen) atoms. The molecule has 2 aromatic carbocycles. The molecule has 1 N–H and O–H groups in total. The van der Waals surface area contributed by atoms with Crippen LogP contribution in [0.1, 0.15) is 21.7 Å². The van der Waals surface area contributed by atoms with E-state index >= 15 is 0 Å². The van der Waals surface area contributed by atoms with Gasteiger partial charge in [0.2, 0.25) is 0 Å². The lowest BCUT2D eigenvalue weighted by Crippen LogP contribution is -2.36. The summed E-state index contributed by atoms with van der Waals surface area (Å²) < 4.78 is 12.1. The molecule has 6 rings (SSSR count). The molecule has 0 atom stereocenters. The van der Waals surface area contributed by atoms with Crippen molar-refractivity contribution in [3.63, 3.8) is 0 Å². The molecule has 0 bridgehead atoms. The topological polar surface area (TPSA) is 102 Å². The number of ether oxygens (including phenoxy) is 2. The van der Waals surface area contributed by atoms with E-state index in [2.05, 4.69) is 10.00 Å². The zero-order valence-electron chi connectivity index (χ0n) is 20.7. The summed E-state index contributed by atoms with van der Waals surface area (Å²) in [6.07, 6.45) is 5.55. The quantitative estimate of drug-likeness (QED) is 0.348. The molecule has 9 nitrogen and oxygen atoms in total. The number of para-hydroxylation sites is 1. The molecule has 1 aliphatic heterocycles. The first-order chi connectivity index (χ1) is 18.6. The summed E-state index contributed by atoms with van der Waals surface area (Å²) in [6.45, 7) is 2.79. The Labute approximate surface area is 218 Å². The number of carbonyl (C=O) groups is 1. The Hall–Kier alpha value is -4.76. The lowest BCUT2D eigenvalue weighted by molar-refractivity contribution is 0.0597. The van der Waals surface area contributed by atoms with Gasteiger partial charge in [-0.3, -0.25) is 0 Å². The molecular weight excluding hydrogens is 482 g/mol. The fraction of sp³-hybridized carbons (Fsp3) is 0.172. The Bertz CT molecular complexity index is 1690. The Morgan fingerprint density at radius 2 is 1.87 bits per heavy atom. The van der Waals surface area contributed by atoms with E-state index in [9.17, 15) is 9.90 Å². The lowest BCUT2D eigenvalue weighted by Gasteiger charge is -2.28. The molecule has 1 aliphatic rings. The van der Waals surface area contributed by atoms with Crippen molar-refractivity contribution >= 4 is 40.4 Å². The number of esters is 1. The average molecular weight is 508 g/mol. The molecular formula is C29H25N5O4. The van der Waals surface area contributed by atoms with Gasteiger partial charge in [0.15, 0.2) is 5.65 Å². The number of anilines is 1. The van der Waals surface area contributed by atoms with Crippen LogP contribution in [0.15, 0.2) is 66.9 Å².